The summed E-state index contributed by atoms with van der Waals surface area (Å²) in [6, 6.07) is 1.56. The molecule has 26 heavy (non-hydrogen) atoms. The second-order valence-electron chi connectivity index (χ2n) is 6.14. The maximum atomic E-state index is 13.1. The molecular weight excluding hydrogens is 358 g/mol. The van der Waals surface area contributed by atoms with Crippen LogP contribution in [0.2, 0.25) is 0 Å². The lowest BCUT2D eigenvalue weighted by Crippen LogP contribution is -2.42. The molecule has 4 heterocycles. The summed E-state index contributed by atoms with van der Waals surface area (Å²) in [5.41, 5.74) is 1.81. The Morgan fingerprint density at radius 1 is 1.35 bits per heavy atom. The summed E-state index contributed by atoms with van der Waals surface area (Å²) in [4.78, 5) is 4.20. The number of pyridine rings is 1. The van der Waals surface area contributed by atoms with Crippen LogP contribution in [0.4, 0.5) is 0 Å². The van der Waals surface area contributed by atoms with Crippen LogP contribution in [0.25, 0.3) is 11.1 Å². The van der Waals surface area contributed by atoms with Crippen molar-refractivity contribution in [1.29, 1.82) is 0 Å². The van der Waals surface area contributed by atoms with Crippen molar-refractivity contribution in [2.75, 3.05) is 19.7 Å². The number of fused-ring (bicyclic) bond motifs is 1. The Hall–Kier alpha value is -2.30. The molecule has 0 aromatic carbocycles. The van der Waals surface area contributed by atoms with E-state index in [4.69, 9.17) is 9.26 Å². The summed E-state index contributed by atoms with van der Waals surface area (Å²) >= 11 is 0. The fourth-order valence-corrected chi connectivity index (χ4v) is 4.38. The number of aromatic nitrogens is 4. The summed E-state index contributed by atoms with van der Waals surface area (Å²) in [7, 11) is -3.69. The zero-order valence-corrected chi connectivity index (χ0v) is 15.3. The van der Waals surface area contributed by atoms with E-state index in [1.807, 2.05) is 13.1 Å². The number of rotatable bonds is 4. The third-order valence-electron chi connectivity index (χ3n) is 4.50. The first-order chi connectivity index (χ1) is 12.5. The van der Waals surface area contributed by atoms with E-state index in [0.717, 1.165) is 12.1 Å². The van der Waals surface area contributed by atoms with Crippen molar-refractivity contribution in [3.63, 3.8) is 0 Å². The molecule has 0 amide bonds. The van der Waals surface area contributed by atoms with Crippen molar-refractivity contribution in [2.24, 2.45) is 0 Å². The SMILES string of the molecule is CCn1cc([C@@H]2CN(S(=O)(=O)c3cnc4onc(C)c4c3)CCO2)cn1. The molecule has 0 spiro atoms. The third-order valence-corrected chi connectivity index (χ3v) is 6.33. The van der Waals surface area contributed by atoms with Gasteiger partial charge in [-0.25, -0.2) is 13.4 Å². The number of aryl methyl sites for hydroxylation is 2. The average molecular weight is 377 g/mol. The summed E-state index contributed by atoms with van der Waals surface area (Å²) in [6.45, 7) is 5.34. The lowest BCUT2D eigenvalue weighted by atomic mass is 10.2. The Labute approximate surface area is 150 Å². The highest BCUT2D eigenvalue weighted by atomic mass is 32.2. The second-order valence-corrected chi connectivity index (χ2v) is 8.08. The maximum absolute atomic E-state index is 13.1. The van der Waals surface area contributed by atoms with Gasteiger partial charge in [-0.3, -0.25) is 4.68 Å². The standard InChI is InChI=1S/C16H19N5O4S/c1-3-20-9-12(7-18-20)15-10-21(4-5-24-15)26(22,23)13-6-14-11(2)19-25-16(14)17-8-13/h6-9,15H,3-5,10H2,1-2H3/t15-/m0/s1. The molecule has 0 saturated carbocycles. The zero-order valence-electron chi connectivity index (χ0n) is 14.5. The van der Waals surface area contributed by atoms with Crippen LogP contribution in [0.1, 0.15) is 24.3 Å². The van der Waals surface area contributed by atoms with E-state index in [2.05, 4.69) is 15.2 Å². The molecule has 1 saturated heterocycles. The van der Waals surface area contributed by atoms with Gasteiger partial charge in [-0.1, -0.05) is 5.16 Å². The van der Waals surface area contributed by atoms with Gasteiger partial charge in [0, 0.05) is 31.4 Å². The monoisotopic (exact) mass is 377 g/mol. The topological polar surface area (TPSA) is 103 Å². The van der Waals surface area contributed by atoms with Crippen molar-refractivity contribution in [3.8, 4) is 0 Å². The van der Waals surface area contributed by atoms with E-state index >= 15 is 0 Å². The van der Waals surface area contributed by atoms with Crippen LogP contribution in [0.3, 0.4) is 0 Å². The molecular formula is C16H19N5O4S. The summed E-state index contributed by atoms with van der Waals surface area (Å²) in [5, 5.41) is 8.65. The summed E-state index contributed by atoms with van der Waals surface area (Å²) in [6.07, 6.45) is 4.57. The number of hydrogen-bond donors (Lipinski definition) is 0. The molecule has 138 valence electrons. The Morgan fingerprint density at radius 3 is 2.96 bits per heavy atom. The lowest BCUT2D eigenvalue weighted by molar-refractivity contribution is -0.00260. The number of ether oxygens (including phenoxy) is 1. The highest BCUT2D eigenvalue weighted by Crippen LogP contribution is 2.27. The van der Waals surface area contributed by atoms with Crippen LogP contribution < -0.4 is 0 Å². The van der Waals surface area contributed by atoms with Crippen LogP contribution in [-0.2, 0) is 21.3 Å². The molecule has 1 fully saturated rings. The summed E-state index contributed by atoms with van der Waals surface area (Å²) < 4.78 is 40.1. The molecule has 4 rings (SSSR count). The van der Waals surface area contributed by atoms with Crippen molar-refractivity contribution in [1.82, 2.24) is 24.2 Å². The van der Waals surface area contributed by atoms with Crippen LogP contribution >= 0.6 is 0 Å². The third kappa shape index (κ3) is 2.89. The Kier molecular flexibility index (Phi) is 4.25. The number of sulfonamides is 1. The molecule has 0 N–H and O–H groups in total. The van der Waals surface area contributed by atoms with Gasteiger partial charge in [0.25, 0.3) is 5.71 Å². The zero-order chi connectivity index (χ0) is 18.3. The number of nitrogens with zero attached hydrogens (tertiary/aromatic N) is 5. The van der Waals surface area contributed by atoms with Gasteiger partial charge < -0.3 is 9.26 Å². The van der Waals surface area contributed by atoms with E-state index in [9.17, 15) is 8.42 Å². The minimum Gasteiger partial charge on any atom is -0.371 e. The van der Waals surface area contributed by atoms with Crippen molar-refractivity contribution < 1.29 is 17.7 Å². The molecule has 1 aliphatic heterocycles. The van der Waals surface area contributed by atoms with E-state index in [1.165, 1.54) is 10.5 Å². The lowest BCUT2D eigenvalue weighted by Gasteiger charge is -2.31. The summed E-state index contributed by atoms with van der Waals surface area (Å²) in [5.74, 6) is 0. The minimum atomic E-state index is -3.69. The Morgan fingerprint density at radius 2 is 2.19 bits per heavy atom. The van der Waals surface area contributed by atoms with Crippen molar-refractivity contribution in [3.05, 3.63) is 35.9 Å². The first kappa shape index (κ1) is 17.1. The van der Waals surface area contributed by atoms with Gasteiger partial charge in [0.15, 0.2) is 0 Å². The fraction of sp³-hybridized carbons (Fsp3) is 0.438. The van der Waals surface area contributed by atoms with Gasteiger partial charge in [0.1, 0.15) is 4.90 Å². The van der Waals surface area contributed by atoms with Gasteiger partial charge in [-0.2, -0.15) is 9.40 Å². The van der Waals surface area contributed by atoms with Crippen LogP contribution in [0.15, 0.2) is 34.1 Å². The maximum Gasteiger partial charge on any atom is 0.257 e. The Balaban J connectivity index is 1.62. The van der Waals surface area contributed by atoms with Crippen LogP contribution in [0, 0.1) is 6.92 Å². The van der Waals surface area contributed by atoms with Crippen molar-refractivity contribution >= 4 is 21.1 Å². The molecule has 0 radical (unpaired) electrons. The van der Waals surface area contributed by atoms with Gasteiger partial charge in [-0.05, 0) is 19.9 Å². The van der Waals surface area contributed by atoms with Crippen LogP contribution in [-0.4, -0.2) is 52.3 Å². The quantitative estimate of drug-likeness (QED) is 0.679. The number of morpholine rings is 1. The average Bonchev–Trinajstić information content (AvgIpc) is 3.29. The molecule has 0 aliphatic carbocycles. The van der Waals surface area contributed by atoms with E-state index in [0.29, 0.717) is 29.9 Å². The predicted octanol–water partition coefficient (Wildman–Crippen LogP) is 1.51. The molecule has 3 aromatic rings. The normalized spacial score (nSPS) is 19.2. The van der Waals surface area contributed by atoms with Crippen molar-refractivity contribution in [2.45, 2.75) is 31.4 Å². The number of hydrogen-bond acceptors (Lipinski definition) is 7. The highest BCUT2D eigenvalue weighted by molar-refractivity contribution is 7.89. The van der Waals surface area contributed by atoms with Crippen LogP contribution in [0.5, 0.6) is 0 Å². The molecule has 0 unspecified atom stereocenters. The molecule has 10 heteroatoms. The Bertz CT molecular complexity index is 1040. The minimum absolute atomic E-state index is 0.126. The molecule has 1 atom stereocenters. The van der Waals surface area contributed by atoms with Gasteiger partial charge in [0.05, 0.1) is 36.2 Å². The molecule has 3 aromatic heterocycles. The van der Waals surface area contributed by atoms with Gasteiger partial charge in [-0.15, -0.1) is 0 Å². The smallest absolute Gasteiger partial charge is 0.257 e. The van der Waals surface area contributed by atoms with Gasteiger partial charge in [0.2, 0.25) is 10.0 Å². The highest BCUT2D eigenvalue weighted by Gasteiger charge is 2.32. The van der Waals surface area contributed by atoms with E-state index < -0.39 is 10.0 Å². The first-order valence-corrected chi connectivity index (χ1v) is 9.79. The fourth-order valence-electron chi connectivity index (χ4n) is 2.98. The van der Waals surface area contributed by atoms with E-state index in [-0.39, 0.29) is 17.5 Å². The van der Waals surface area contributed by atoms with Gasteiger partial charge >= 0.3 is 0 Å². The first-order valence-electron chi connectivity index (χ1n) is 8.35. The molecule has 1 aliphatic rings. The molecule has 9 nitrogen and oxygen atoms in total. The largest absolute Gasteiger partial charge is 0.371 e. The second kappa shape index (κ2) is 6.45. The predicted molar refractivity (Wildman–Crippen MR) is 91.9 cm³/mol. The van der Waals surface area contributed by atoms with E-state index in [1.54, 1.807) is 23.9 Å². The molecule has 0 bridgehead atoms.